The summed E-state index contributed by atoms with van der Waals surface area (Å²) < 4.78 is 5.49. The molecule has 0 aromatic heterocycles. The van der Waals surface area contributed by atoms with E-state index in [-0.39, 0.29) is 11.8 Å². The van der Waals surface area contributed by atoms with E-state index in [1.165, 1.54) is 11.0 Å². The molecule has 1 aromatic carbocycles. The Kier molecular flexibility index (Phi) is 7.16. The van der Waals surface area contributed by atoms with Crippen molar-refractivity contribution in [2.24, 2.45) is 0 Å². The second kappa shape index (κ2) is 9.34. The van der Waals surface area contributed by atoms with Crippen LogP contribution in [0.2, 0.25) is 0 Å². The van der Waals surface area contributed by atoms with Crippen LogP contribution in [0.15, 0.2) is 36.9 Å². The number of benzene rings is 1. The molecule has 1 aliphatic heterocycles. The summed E-state index contributed by atoms with van der Waals surface area (Å²) in [4.78, 5) is 27.7. The number of hydrogen-bond acceptors (Lipinski definition) is 4. The number of rotatable bonds is 7. The van der Waals surface area contributed by atoms with Gasteiger partial charge in [-0.25, -0.2) is 0 Å². The number of nitrogens with zero attached hydrogens (tertiary/aromatic N) is 2. The summed E-state index contributed by atoms with van der Waals surface area (Å²) in [6.07, 6.45) is 2.31. The first kappa shape index (κ1) is 19.1. The van der Waals surface area contributed by atoms with E-state index < -0.39 is 0 Å². The molecule has 1 aromatic rings. The highest BCUT2D eigenvalue weighted by atomic mass is 16.5. The molecule has 2 rings (SSSR count). The first-order valence-corrected chi connectivity index (χ1v) is 8.67. The van der Waals surface area contributed by atoms with Gasteiger partial charge in [0.15, 0.2) is 0 Å². The third-order valence-electron chi connectivity index (χ3n) is 4.53. The summed E-state index contributed by atoms with van der Waals surface area (Å²) in [6, 6.07) is 7.39. The minimum absolute atomic E-state index is 0.106. The van der Waals surface area contributed by atoms with Crippen LogP contribution in [0.5, 0.6) is 0 Å². The number of hydrogen-bond donors (Lipinski definition) is 1. The van der Waals surface area contributed by atoms with Gasteiger partial charge in [-0.05, 0) is 36.8 Å². The summed E-state index contributed by atoms with van der Waals surface area (Å²) in [5.41, 5.74) is 1.30. The van der Waals surface area contributed by atoms with Crippen LogP contribution < -0.4 is 10.2 Å². The maximum Gasteiger partial charge on any atom is 0.251 e. The lowest BCUT2D eigenvalue weighted by atomic mass is 10.1. The van der Waals surface area contributed by atoms with Gasteiger partial charge >= 0.3 is 0 Å². The van der Waals surface area contributed by atoms with Gasteiger partial charge in [0.05, 0.1) is 13.2 Å². The quantitative estimate of drug-likeness (QED) is 0.764. The first-order valence-electron chi connectivity index (χ1n) is 8.67. The Labute approximate surface area is 149 Å². The number of anilines is 1. The Bertz CT molecular complexity index is 600. The standard InChI is InChI=1S/C19H27N3O3/c1-4-16-14-25-13-12-22(16)11-10-20-19(24)15-6-8-17(9-7-15)21(3)18(23)5-2/h5-9,16H,2,4,10-14H2,1,3H3,(H,20,24). The predicted molar refractivity (Wildman–Crippen MR) is 98.9 cm³/mol. The average molecular weight is 345 g/mol. The van der Waals surface area contributed by atoms with E-state index in [0.717, 1.165) is 38.4 Å². The number of carbonyl (C=O) groups excluding carboxylic acids is 2. The second-order valence-electron chi connectivity index (χ2n) is 6.08. The third kappa shape index (κ3) is 5.14. The lowest BCUT2D eigenvalue weighted by Gasteiger charge is -2.34. The van der Waals surface area contributed by atoms with Crippen molar-refractivity contribution in [2.75, 3.05) is 44.8 Å². The predicted octanol–water partition coefficient (Wildman–Crippen LogP) is 1.68. The van der Waals surface area contributed by atoms with E-state index in [0.29, 0.717) is 18.2 Å². The fourth-order valence-electron chi connectivity index (χ4n) is 2.88. The van der Waals surface area contributed by atoms with E-state index in [1.807, 2.05) is 0 Å². The van der Waals surface area contributed by atoms with E-state index in [2.05, 4.69) is 23.7 Å². The number of ether oxygens (including phenoxy) is 1. The summed E-state index contributed by atoms with van der Waals surface area (Å²) in [7, 11) is 1.67. The van der Waals surface area contributed by atoms with Gasteiger partial charge in [0.2, 0.25) is 5.91 Å². The van der Waals surface area contributed by atoms with Crippen molar-refractivity contribution < 1.29 is 14.3 Å². The summed E-state index contributed by atoms with van der Waals surface area (Å²) >= 11 is 0. The SMILES string of the molecule is C=CC(=O)N(C)c1ccc(C(=O)NCCN2CCOCC2CC)cc1. The maximum absolute atomic E-state index is 12.3. The molecule has 1 unspecified atom stereocenters. The summed E-state index contributed by atoms with van der Waals surface area (Å²) in [6.45, 7) is 9.48. The topological polar surface area (TPSA) is 61.9 Å². The van der Waals surface area contributed by atoms with Gasteiger partial charge in [0.1, 0.15) is 0 Å². The molecule has 6 nitrogen and oxygen atoms in total. The molecule has 2 amide bonds. The number of likely N-dealkylation sites (N-methyl/N-ethyl adjacent to an activating group) is 1. The molecule has 1 N–H and O–H groups in total. The zero-order chi connectivity index (χ0) is 18.2. The van der Waals surface area contributed by atoms with Crippen LogP contribution in [0.3, 0.4) is 0 Å². The van der Waals surface area contributed by atoms with Crippen LogP contribution in [-0.4, -0.2) is 62.7 Å². The zero-order valence-electron chi connectivity index (χ0n) is 15.0. The lowest BCUT2D eigenvalue weighted by Crippen LogP contribution is -2.48. The molecule has 1 heterocycles. The summed E-state index contributed by atoms with van der Waals surface area (Å²) in [5, 5.41) is 2.96. The molecular formula is C19H27N3O3. The Balaban J connectivity index is 1.84. The maximum atomic E-state index is 12.3. The van der Waals surface area contributed by atoms with Crippen LogP contribution in [0.1, 0.15) is 23.7 Å². The molecule has 0 bridgehead atoms. The highest BCUT2D eigenvalue weighted by Crippen LogP contribution is 2.14. The normalized spacial score (nSPS) is 17.8. The minimum Gasteiger partial charge on any atom is -0.378 e. The van der Waals surface area contributed by atoms with Gasteiger partial charge < -0.3 is 15.0 Å². The number of amides is 2. The Morgan fingerprint density at radius 3 is 2.76 bits per heavy atom. The molecule has 1 atom stereocenters. The van der Waals surface area contributed by atoms with Crippen molar-refractivity contribution in [1.82, 2.24) is 10.2 Å². The minimum atomic E-state index is -0.187. The number of carbonyl (C=O) groups is 2. The lowest BCUT2D eigenvalue weighted by molar-refractivity contribution is -0.113. The molecule has 0 saturated carbocycles. The monoisotopic (exact) mass is 345 g/mol. The highest BCUT2D eigenvalue weighted by molar-refractivity contribution is 6.01. The molecule has 0 spiro atoms. The third-order valence-corrected chi connectivity index (χ3v) is 4.53. The number of nitrogens with one attached hydrogen (secondary N) is 1. The van der Waals surface area contributed by atoms with Crippen molar-refractivity contribution in [3.05, 3.63) is 42.5 Å². The van der Waals surface area contributed by atoms with Gasteiger partial charge in [-0.15, -0.1) is 0 Å². The Hall–Kier alpha value is -2.18. The van der Waals surface area contributed by atoms with Crippen molar-refractivity contribution >= 4 is 17.5 Å². The van der Waals surface area contributed by atoms with E-state index in [4.69, 9.17) is 4.74 Å². The van der Waals surface area contributed by atoms with E-state index in [9.17, 15) is 9.59 Å². The van der Waals surface area contributed by atoms with Crippen molar-refractivity contribution in [1.29, 1.82) is 0 Å². The van der Waals surface area contributed by atoms with Gasteiger partial charge in [0.25, 0.3) is 5.91 Å². The van der Waals surface area contributed by atoms with Crippen molar-refractivity contribution in [2.45, 2.75) is 19.4 Å². The first-order chi connectivity index (χ1) is 12.1. The zero-order valence-corrected chi connectivity index (χ0v) is 15.0. The van der Waals surface area contributed by atoms with Gasteiger partial charge in [-0.2, -0.15) is 0 Å². The number of morpholine rings is 1. The van der Waals surface area contributed by atoms with Crippen molar-refractivity contribution in [3.8, 4) is 0 Å². The Morgan fingerprint density at radius 1 is 1.40 bits per heavy atom. The molecule has 1 aliphatic rings. The van der Waals surface area contributed by atoms with E-state index in [1.54, 1.807) is 31.3 Å². The fourth-order valence-corrected chi connectivity index (χ4v) is 2.88. The molecule has 1 saturated heterocycles. The Morgan fingerprint density at radius 2 is 2.12 bits per heavy atom. The highest BCUT2D eigenvalue weighted by Gasteiger charge is 2.20. The second-order valence-corrected chi connectivity index (χ2v) is 6.08. The van der Waals surface area contributed by atoms with Crippen LogP contribution in [0.4, 0.5) is 5.69 Å². The van der Waals surface area contributed by atoms with Crippen LogP contribution >= 0.6 is 0 Å². The fraction of sp³-hybridized carbons (Fsp3) is 0.474. The van der Waals surface area contributed by atoms with Gasteiger partial charge in [-0.1, -0.05) is 13.5 Å². The molecule has 0 radical (unpaired) electrons. The van der Waals surface area contributed by atoms with Gasteiger partial charge in [-0.3, -0.25) is 14.5 Å². The molecular weight excluding hydrogens is 318 g/mol. The molecule has 136 valence electrons. The average Bonchev–Trinajstić information content (AvgIpc) is 2.67. The molecule has 25 heavy (non-hydrogen) atoms. The molecule has 0 aliphatic carbocycles. The smallest absolute Gasteiger partial charge is 0.251 e. The van der Waals surface area contributed by atoms with Gasteiger partial charge in [0, 0.05) is 44.0 Å². The van der Waals surface area contributed by atoms with Crippen LogP contribution in [-0.2, 0) is 9.53 Å². The van der Waals surface area contributed by atoms with Crippen LogP contribution in [0.25, 0.3) is 0 Å². The van der Waals surface area contributed by atoms with Crippen molar-refractivity contribution in [3.63, 3.8) is 0 Å². The van der Waals surface area contributed by atoms with Crippen LogP contribution in [0, 0.1) is 0 Å². The van der Waals surface area contributed by atoms with E-state index >= 15 is 0 Å². The largest absolute Gasteiger partial charge is 0.378 e. The molecule has 1 fully saturated rings. The molecule has 6 heteroatoms. The summed E-state index contributed by atoms with van der Waals surface area (Å²) in [5.74, 6) is -0.293.